The van der Waals surface area contributed by atoms with Crippen molar-refractivity contribution in [2.45, 2.75) is 43.6 Å². The van der Waals surface area contributed by atoms with Crippen LogP contribution in [-0.4, -0.2) is 35.1 Å². The minimum atomic E-state index is -0.779. The van der Waals surface area contributed by atoms with Gasteiger partial charge in [-0.2, -0.15) is 0 Å². The van der Waals surface area contributed by atoms with Crippen molar-refractivity contribution < 1.29 is 18.7 Å². The van der Waals surface area contributed by atoms with E-state index in [1.807, 2.05) is 0 Å². The molecule has 2 aliphatic rings. The lowest BCUT2D eigenvalue weighted by molar-refractivity contribution is -0.134. The van der Waals surface area contributed by atoms with E-state index in [1.54, 1.807) is 11.9 Å². The number of nitrogens with zero attached hydrogens (tertiary/aromatic N) is 1. The van der Waals surface area contributed by atoms with Gasteiger partial charge >= 0.3 is 0 Å². The van der Waals surface area contributed by atoms with Crippen LogP contribution >= 0.6 is 0 Å². The molecule has 2 fully saturated rings. The molecule has 0 aromatic heterocycles. The molecule has 0 spiro atoms. The first-order valence-corrected chi connectivity index (χ1v) is 7.82. The number of halogens is 2. The second-order valence-electron chi connectivity index (χ2n) is 6.74. The van der Waals surface area contributed by atoms with Crippen molar-refractivity contribution in [2.24, 2.45) is 5.92 Å². The Balaban J connectivity index is 1.63. The summed E-state index contributed by atoms with van der Waals surface area (Å²) in [6.45, 7) is 0.320. The molecule has 2 aliphatic carbocycles. The third-order valence-electron chi connectivity index (χ3n) is 4.91. The third kappa shape index (κ3) is 3.00. The van der Waals surface area contributed by atoms with Gasteiger partial charge in [0.1, 0.15) is 11.6 Å². The van der Waals surface area contributed by atoms with Crippen molar-refractivity contribution >= 4 is 5.91 Å². The van der Waals surface area contributed by atoms with Crippen LogP contribution in [0.1, 0.15) is 43.6 Å². The highest BCUT2D eigenvalue weighted by atomic mass is 19.1. The maximum Gasteiger partial charge on any atom is 0.226 e. The van der Waals surface area contributed by atoms with E-state index in [0.717, 1.165) is 37.8 Å². The van der Waals surface area contributed by atoms with Crippen LogP contribution in [0.4, 0.5) is 8.78 Å². The van der Waals surface area contributed by atoms with E-state index < -0.39 is 17.2 Å². The number of hydrogen-bond acceptors (Lipinski definition) is 2. The molecular formula is C17H21F2NO2. The van der Waals surface area contributed by atoms with Crippen molar-refractivity contribution in [3.63, 3.8) is 0 Å². The van der Waals surface area contributed by atoms with Crippen LogP contribution in [0.15, 0.2) is 18.2 Å². The molecule has 0 radical (unpaired) electrons. The summed E-state index contributed by atoms with van der Waals surface area (Å²) >= 11 is 0. The minimum Gasteiger partial charge on any atom is -0.388 e. The van der Waals surface area contributed by atoms with Gasteiger partial charge in [-0.15, -0.1) is 0 Å². The van der Waals surface area contributed by atoms with E-state index in [0.29, 0.717) is 13.0 Å². The first-order valence-electron chi connectivity index (χ1n) is 7.82. The zero-order chi connectivity index (χ0) is 15.9. The molecule has 1 aromatic rings. The summed E-state index contributed by atoms with van der Waals surface area (Å²) in [5.41, 5.74) is -0.495. The highest BCUT2D eigenvalue weighted by molar-refractivity contribution is 5.83. The van der Waals surface area contributed by atoms with Gasteiger partial charge in [0.25, 0.3) is 0 Å². The average molecular weight is 309 g/mol. The van der Waals surface area contributed by atoms with Crippen LogP contribution in [0.25, 0.3) is 0 Å². The van der Waals surface area contributed by atoms with Crippen molar-refractivity contribution in [3.05, 3.63) is 35.4 Å². The Morgan fingerprint density at radius 3 is 2.73 bits per heavy atom. The lowest BCUT2D eigenvalue weighted by Gasteiger charge is -2.28. The van der Waals surface area contributed by atoms with E-state index in [2.05, 4.69) is 0 Å². The summed E-state index contributed by atoms with van der Waals surface area (Å²) in [5, 5.41) is 10.4. The SMILES string of the molecule is CN(CC1(O)CCCC1)C(=O)C1CC1c1cc(F)ccc1F. The van der Waals surface area contributed by atoms with Crippen LogP contribution < -0.4 is 0 Å². The maximum atomic E-state index is 13.8. The third-order valence-corrected chi connectivity index (χ3v) is 4.91. The first-order chi connectivity index (χ1) is 10.4. The smallest absolute Gasteiger partial charge is 0.226 e. The molecule has 2 saturated carbocycles. The zero-order valence-corrected chi connectivity index (χ0v) is 12.7. The Morgan fingerprint density at radius 1 is 1.36 bits per heavy atom. The fourth-order valence-corrected chi connectivity index (χ4v) is 3.60. The number of rotatable bonds is 4. The quantitative estimate of drug-likeness (QED) is 0.929. The van der Waals surface area contributed by atoms with Gasteiger partial charge in [-0.1, -0.05) is 12.8 Å². The normalized spacial score (nSPS) is 26.0. The van der Waals surface area contributed by atoms with Crippen LogP contribution in [-0.2, 0) is 4.79 Å². The molecule has 3 rings (SSSR count). The van der Waals surface area contributed by atoms with Gasteiger partial charge in [-0.05, 0) is 48.9 Å². The molecule has 0 saturated heterocycles. The predicted molar refractivity (Wildman–Crippen MR) is 78.3 cm³/mol. The van der Waals surface area contributed by atoms with E-state index in [1.165, 1.54) is 6.07 Å². The molecule has 0 aliphatic heterocycles. The Bertz CT molecular complexity index is 584. The molecule has 3 nitrogen and oxygen atoms in total. The molecule has 0 bridgehead atoms. The van der Waals surface area contributed by atoms with Crippen molar-refractivity contribution in [2.75, 3.05) is 13.6 Å². The molecule has 2 unspecified atom stereocenters. The maximum absolute atomic E-state index is 13.8. The van der Waals surface area contributed by atoms with E-state index in [-0.39, 0.29) is 23.3 Å². The Labute approximate surface area is 128 Å². The summed E-state index contributed by atoms with van der Waals surface area (Å²) in [6, 6.07) is 3.37. The molecule has 1 N–H and O–H groups in total. The fraction of sp³-hybridized carbons (Fsp3) is 0.588. The number of amides is 1. The first kappa shape index (κ1) is 15.4. The fourth-order valence-electron chi connectivity index (χ4n) is 3.60. The predicted octanol–water partition coefficient (Wildman–Crippen LogP) is 2.83. The number of carbonyl (C=O) groups is 1. The zero-order valence-electron chi connectivity index (χ0n) is 12.7. The number of aliphatic hydroxyl groups is 1. The van der Waals surface area contributed by atoms with Gasteiger partial charge in [0, 0.05) is 19.5 Å². The lowest BCUT2D eigenvalue weighted by Crippen LogP contribution is -2.42. The summed E-state index contributed by atoms with van der Waals surface area (Å²) in [6.07, 6.45) is 3.95. The second-order valence-corrected chi connectivity index (χ2v) is 6.74. The number of benzene rings is 1. The highest BCUT2D eigenvalue weighted by Crippen LogP contribution is 2.49. The lowest BCUT2D eigenvalue weighted by atomic mass is 10.0. The van der Waals surface area contributed by atoms with Gasteiger partial charge in [-0.25, -0.2) is 8.78 Å². The van der Waals surface area contributed by atoms with Gasteiger partial charge in [0.05, 0.1) is 5.60 Å². The molecule has 1 amide bonds. The molecule has 0 heterocycles. The van der Waals surface area contributed by atoms with E-state index in [4.69, 9.17) is 0 Å². The average Bonchev–Trinajstić information content (AvgIpc) is 3.15. The van der Waals surface area contributed by atoms with E-state index >= 15 is 0 Å². The van der Waals surface area contributed by atoms with Crippen LogP contribution in [0, 0.1) is 17.6 Å². The molecule has 2 atom stereocenters. The molecule has 1 aromatic carbocycles. The Hall–Kier alpha value is -1.49. The van der Waals surface area contributed by atoms with Crippen molar-refractivity contribution in [3.8, 4) is 0 Å². The van der Waals surface area contributed by atoms with Crippen LogP contribution in [0.3, 0.4) is 0 Å². The summed E-state index contributed by atoms with van der Waals surface area (Å²) < 4.78 is 27.0. The van der Waals surface area contributed by atoms with Crippen LogP contribution in [0.2, 0.25) is 0 Å². The van der Waals surface area contributed by atoms with Gasteiger partial charge in [0.15, 0.2) is 0 Å². The standard InChI is InChI=1S/C17H21F2NO2/c1-20(10-17(22)6-2-3-7-17)16(21)14-9-12(14)13-8-11(18)4-5-15(13)19/h4-5,8,12,14,22H,2-3,6-7,9-10H2,1H3. The summed E-state index contributed by atoms with van der Waals surface area (Å²) in [4.78, 5) is 14.0. The van der Waals surface area contributed by atoms with Crippen LogP contribution in [0.5, 0.6) is 0 Å². The summed E-state index contributed by atoms with van der Waals surface area (Å²) in [5.74, 6) is -1.58. The topological polar surface area (TPSA) is 40.5 Å². The number of likely N-dealkylation sites (N-methyl/N-ethyl adjacent to an activating group) is 1. The summed E-state index contributed by atoms with van der Waals surface area (Å²) in [7, 11) is 1.68. The van der Waals surface area contributed by atoms with Crippen molar-refractivity contribution in [1.82, 2.24) is 4.90 Å². The van der Waals surface area contributed by atoms with Gasteiger partial charge in [-0.3, -0.25) is 4.79 Å². The number of carbonyl (C=O) groups excluding carboxylic acids is 1. The largest absolute Gasteiger partial charge is 0.388 e. The van der Waals surface area contributed by atoms with Gasteiger partial charge < -0.3 is 10.0 Å². The van der Waals surface area contributed by atoms with Gasteiger partial charge in [0.2, 0.25) is 5.91 Å². The Morgan fingerprint density at radius 2 is 2.05 bits per heavy atom. The molecule has 120 valence electrons. The monoisotopic (exact) mass is 309 g/mol. The second kappa shape index (κ2) is 5.61. The number of hydrogen-bond donors (Lipinski definition) is 1. The minimum absolute atomic E-state index is 0.0889. The molecular weight excluding hydrogens is 288 g/mol. The van der Waals surface area contributed by atoms with Crippen molar-refractivity contribution in [1.29, 1.82) is 0 Å². The Kier molecular flexibility index (Phi) is 3.93. The molecule has 5 heteroatoms. The van der Waals surface area contributed by atoms with E-state index in [9.17, 15) is 18.7 Å². The highest BCUT2D eigenvalue weighted by Gasteiger charge is 2.47. The molecule has 22 heavy (non-hydrogen) atoms.